The Bertz CT molecular complexity index is 279. The van der Waals surface area contributed by atoms with Gasteiger partial charge < -0.3 is 15.7 Å². The molecule has 0 fully saturated rings. The van der Waals surface area contributed by atoms with E-state index in [2.05, 4.69) is 9.97 Å². The molecular weight excluding hydrogens is 180 g/mol. The van der Waals surface area contributed by atoms with Gasteiger partial charge in [0, 0.05) is 19.7 Å². The molecule has 1 aromatic rings. The predicted octanol–water partition coefficient (Wildman–Crippen LogP) is 0.268. The molecule has 0 saturated heterocycles. The second-order valence-electron chi connectivity index (χ2n) is 2.96. The van der Waals surface area contributed by atoms with Gasteiger partial charge in [0.15, 0.2) is 5.82 Å². The third kappa shape index (κ3) is 2.56. The highest BCUT2D eigenvalue weighted by Crippen LogP contribution is 2.17. The zero-order valence-corrected chi connectivity index (χ0v) is 8.35. The highest BCUT2D eigenvalue weighted by molar-refractivity contribution is 5.60. The van der Waals surface area contributed by atoms with Crippen molar-refractivity contribution in [2.45, 2.75) is 13.3 Å². The monoisotopic (exact) mass is 196 g/mol. The molecule has 14 heavy (non-hydrogen) atoms. The summed E-state index contributed by atoms with van der Waals surface area (Å²) in [5, 5.41) is 8.74. The smallest absolute Gasteiger partial charge is 0.155 e. The van der Waals surface area contributed by atoms with Gasteiger partial charge in [-0.15, -0.1) is 0 Å². The molecule has 5 heteroatoms. The van der Waals surface area contributed by atoms with Crippen LogP contribution in [0.3, 0.4) is 0 Å². The topological polar surface area (TPSA) is 75.3 Å². The van der Waals surface area contributed by atoms with Gasteiger partial charge in [-0.2, -0.15) is 0 Å². The van der Waals surface area contributed by atoms with Crippen molar-refractivity contribution in [2.75, 3.05) is 30.3 Å². The minimum atomic E-state index is 0.182. The fraction of sp³-hybridized carbons (Fsp3) is 0.556. The lowest BCUT2D eigenvalue weighted by atomic mass is 10.3. The van der Waals surface area contributed by atoms with Crippen LogP contribution in [0.5, 0.6) is 0 Å². The first-order valence-corrected chi connectivity index (χ1v) is 4.70. The van der Waals surface area contributed by atoms with Crippen molar-refractivity contribution in [2.24, 2.45) is 0 Å². The van der Waals surface area contributed by atoms with E-state index in [1.54, 1.807) is 6.20 Å². The number of aromatic nitrogens is 2. The van der Waals surface area contributed by atoms with E-state index in [9.17, 15) is 0 Å². The van der Waals surface area contributed by atoms with E-state index in [1.807, 2.05) is 11.8 Å². The first-order chi connectivity index (χ1) is 6.79. The Morgan fingerprint density at radius 2 is 2.36 bits per heavy atom. The quantitative estimate of drug-likeness (QED) is 0.707. The number of hydrogen-bond donors (Lipinski definition) is 2. The molecule has 0 amide bonds. The van der Waals surface area contributed by atoms with Crippen molar-refractivity contribution in [1.82, 2.24) is 9.97 Å². The van der Waals surface area contributed by atoms with E-state index in [4.69, 9.17) is 10.8 Å². The average Bonchev–Trinajstić information content (AvgIpc) is 2.21. The van der Waals surface area contributed by atoms with Crippen molar-refractivity contribution < 1.29 is 5.11 Å². The second-order valence-corrected chi connectivity index (χ2v) is 2.96. The Hall–Kier alpha value is -1.36. The number of hydrogen-bond acceptors (Lipinski definition) is 5. The molecule has 0 aliphatic heterocycles. The second kappa shape index (κ2) is 5.39. The summed E-state index contributed by atoms with van der Waals surface area (Å²) in [7, 11) is 0. The first-order valence-electron chi connectivity index (χ1n) is 4.70. The third-order valence-electron chi connectivity index (χ3n) is 1.99. The molecule has 3 N–H and O–H groups in total. The van der Waals surface area contributed by atoms with Crippen LogP contribution < -0.4 is 10.6 Å². The lowest BCUT2D eigenvalue weighted by Crippen LogP contribution is -2.26. The van der Waals surface area contributed by atoms with Crippen LogP contribution in [0.2, 0.25) is 0 Å². The predicted molar refractivity (Wildman–Crippen MR) is 56.0 cm³/mol. The van der Waals surface area contributed by atoms with Gasteiger partial charge in [-0.1, -0.05) is 0 Å². The summed E-state index contributed by atoms with van der Waals surface area (Å²) >= 11 is 0. The standard InChI is InChI=1S/C9H16N4O/c1-2-13(4-3-5-14)9-8(10)6-11-7-12-9/h6-7,14H,2-5,10H2,1H3. The van der Waals surface area contributed by atoms with Crippen molar-refractivity contribution >= 4 is 11.5 Å². The van der Waals surface area contributed by atoms with Crippen molar-refractivity contribution in [3.63, 3.8) is 0 Å². The Kier molecular flexibility index (Phi) is 4.12. The van der Waals surface area contributed by atoms with E-state index in [-0.39, 0.29) is 6.61 Å². The van der Waals surface area contributed by atoms with Crippen molar-refractivity contribution in [3.05, 3.63) is 12.5 Å². The number of aliphatic hydroxyl groups excluding tert-OH is 1. The van der Waals surface area contributed by atoms with E-state index in [1.165, 1.54) is 6.33 Å². The lowest BCUT2D eigenvalue weighted by molar-refractivity contribution is 0.289. The van der Waals surface area contributed by atoms with Crippen LogP contribution in [0.1, 0.15) is 13.3 Å². The molecule has 0 atom stereocenters. The van der Waals surface area contributed by atoms with Crippen LogP contribution in [-0.4, -0.2) is 34.8 Å². The van der Waals surface area contributed by atoms with E-state index in [0.29, 0.717) is 5.69 Å². The van der Waals surface area contributed by atoms with Crippen molar-refractivity contribution in [1.29, 1.82) is 0 Å². The molecule has 0 aliphatic carbocycles. The highest BCUT2D eigenvalue weighted by atomic mass is 16.3. The van der Waals surface area contributed by atoms with Crippen LogP contribution >= 0.6 is 0 Å². The van der Waals surface area contributed by atoms with E-state index >= 15 is 0 Å². The maximum atomic E-state index is 8.74. The molecule has 1 aromatic heterocycles. The van der Waals surface area contributed by atoms with Gasteiger partial charge in [0.05, 0.1) is 11.9 Å². The number of nitrogens with two attached hydrogens (primary N) is 1. The molecule has 0 saturated carbocycles. The molecule has 78 valence electrons. The third-order valence-corrected chi connectivity index (χ3v) is 1.99. The van der Waals surface area contributed by atoms with Gasteiger partial charge in [-0.3, -0.25) is 0 Å². The zero-order valence-electron chi connectivity index (χ0n) is 8.35. The minimum absolute atomic E-state index is 0.182. The fourth-order valence-electron chi connectivity index (χ4n) is 1.27. The van der Waals surface area contributed by atoms with Gasteiger partial charge in [-0.05, 0) is 13.3 Å². The van der Waals surface area contributed by atoms with E-state index < -0.39 is 0 Å². The number of aliphatic hydroxyl groups is 1. The first kappa shape index (κ1) is 10.7. The molecule has 5 nitrogen and oxygen atoms in total. The molecule has 0 bridgehead atoms. The summed E-state index contributed by atoms with van der Waals surface area (Å²) in [5.41, 5.74) is 6.32. The maximum absolute atomic E-state index is 8.74. The summed E-state index contributed by atoms with van der Waals surface area (Å²) in [6, 6.07) is 0. The summed E-state index contributed by atoms with van der Waals surface area (Å²) < 4.78 is 0. The molecule has 1 rings (SSSR count). The average molecular weight is 196 g/mol. The van der Waals surface area contributed by atoms with Crippen LogP contribution in [0.4, 0.5) is 11.5 Å². The maximum Gasteiger partial charge on any atom is 0.155 e. The number of nitrogen functional groups attached to an aromatic ring is 1. The fourth-order valence-corrected chi connectivity index (χ4v) is 1.27. The Balaban J connectivity index is 2.73. The largest absolute Gasteiger partial charge is 0.396 e. The molecule has 0 unspecified atom stereocenters. The van der Waals surface area contributed by atoms with Crippen LogP contribution in [0.15, 0.2) is 12.5 Å². The number of nitrogens with zero attached hydrogens (tertiary/aromatic N) is 3. The summed E-state index contributed by atoms with van der Waals surface area (Å²) in [6.45, 7) is 3.79. The Morgan fingerprint density at radius 1 is 1.57 bits per heavy atom. The number of rotatable bonds is 5. The Labute approximate surface area is 83.6 Å². The van der Waals surface area contributed by atoms with Gasteiger partial charge in [-0.25, -0.2) is 9.97 Å². The summed E-state index contributed by atoms with van der Waals surface area (Å²) in [6.07, 6.45) is 3.79. The van der Waals surface area contributed by atoms with Gasteiger partial charge in [0.2, 0.25) is 0 Å². The molecule has 0 aromatic carbocycles. The van der Waals surface area contributed by atoms with Crippen LogP contribution in [0, 0.1) is 0 Å². The number of anilines is 2. The molecule has 0 aliphatic rings. The van der Waals surface area contributed by atoms with Gasteiger partial charge in [0.1, 0.15) is 6.33 Å². The molecule has 1 heterocycles. The van der Waals surface area contributed by atoms with Gasteiger partial charge in [0.25, 0.3) is 0 Å². The normalized spacial score (nSPS) is 10.1. The minimum Gasteiger partial charge on any atom is -0.396 e. The Morgan fingerprint density at radius 3 is 2.93 bits per heavy atom. The molecule has 0 spiro atoms. The van der Waals surface area contributed by atoms with Crippen LogP contribution in [-0.2, 0) is 0 Å². The van der Waals surface area contributed by atoms with Gasteiger partial charge >= 0.3 is 0 Å². The van der Waals surface area contributed by atoms with E-state index in [0.717, 1.165) is 25.3 Å². The summed E-state index contributed by atoms with van der Waals surface area (Å²) in [5.74, 6) is 0.746. The highest BCUT2D eigenvalue weighted by Gasteiger charge is 2.08. The summed E-state index contributed by atoms with van der Waals surface area (Å²) in [4.78, 5) is 9.96. The molecule has 0 radical (unpaired) electrons. The lowest BCUT2D eigenvalue weighted by Gasteiger charge is -2.22. The zero-order chi connectivity index (χ0) is 10.4. The molecular formula is C9H16N4O. The van der Waals surface area contributed by atoms with Crippen LogP contribution in [0.25, 0.3) is 0 Å². The van der Waals surface area contributed by atoms with Crippen molar-refractivity contribution in [3.8, 4) is 0 Å². The SMILES string of the molecule is CCN(CCCO)c1ncncc1N.